The van der Waals surface area contributed by atoms with Gasteiger partial charge < -0.3 is 24.4 Å². The Balaban J connectivity index is 1.60. The normalized spacial score (nSPS) is 20.1. The molecule has 2 aliphatic rings. The molecule has 1 fully saturated rings. The summed E-state index contributed by atoms with van der Waals surface area (Å²) in [6.07, 6.45) is 3.71. The summed E-state index contributed by atoms with van der Waals surface area (Å²) in [5.41, 5.74) is 1.81. The van der Waals surface area contributed by atoms with Gasteiger partial charge in [0.25, 0.3) is 11.8 Å². The summed E-state index contributed by atoms with van der Waals surface area (Å²) in [6.45, 7) is 2.85. The highest BCUT2D eigenvalue weighted by Crippen LogP contribution is 2.30. The van der Waals surface area contributed by atoms with Crippen molar-refractivity contribution in [1.29, 1.82) is 0 Å². The van der Waals surface area contributed by atoms with E-state index in [0.717, 1.165) is 25.0 Å². The van der Waals surface area contributed by atoms with Gasteiger partial charge in [0.15, 0.2) is 6.61 Å². The molecule has 30 heavy (non-hydrogen) atoms. The third-order valence-corrected chi connectivity index (χ3v) is 5.17. The van der Waals surface area contributed by atoms with Crippen LogP contribution in [0.5, 0.6) is 5.75 Å². The Hall–Kier alpha value is -3.13. The van der Waals surface area contributed by atoms with Crippen LogP contribution >= 0.6 is 0 Å². The molecule has 1 aromatic rings. The van der Waals surface area contributed by atoms with Crippen LogP contribution in [0.1, 0.15) is 25.3 Å². The highest BCUT2D eigenvalue weighted by Gasteiger charge is 2.34. The standard InChI is InChI=1S/C22H26N2O6/c1-14-20(22(27)28-3)18(21(26)24(14)2)11-15-6-8-16(9-7-15)30-13-19(25)23-12-17-5-4-10-29-17/h6-9,11,17H,4-5,10,12-13H2,1-3H3,(H,23,25)/b18-11-/t17-/m0/s1. The van der Waals surface area contributed by atoms with Gasteiger partial charge in [-0.05, 0) is 43.5 Å². The zero-order chi connectivity index (χ0) is 21.7. The number of esters is 1. The molecule has 2 aliphatic heterocycles. The van der Waals surface area contributed by atoms with E-state index in [1.165, 1.54) is 12.0 Å². The predicted octanol–water partition coefficient (Wildman–Crippen LogP) is 1.66. The number of methoxy groups -OCH3 is 1. The molecule has 0 spiro atoms. The lowest BCUT2D eigenvalue weighted by molar-refractivity contribution is -0.136. The fourth-order valence-electron chi connectivity index (χ4n) is 3.36. The second kappa shape index (κ2) is 9.58. The van der Waals surface area contributed by atoms with Gasteiger partial charge in [-0.3, -0.25) is 9.59 Å². The van der Waals surface area contributed by atoms with Crippen LogP contribution in [0.25, 0.3) is 6.08 Å². The Bertz CT molecular complexity index is 881. The molecule has 1 N–H and O–H groups in total. The van der Waals surface area contributed by atoms with E-state index >= 15 is 0 Å². The third-order valence-electron chi connectivity index (χ3n) is 5.17. The highest BCUT2D eigenvalue weighted by atomic mass is 16.5. The molecule has 8 nitrogen and oxygen atoms in total. The lowest BCUT2D eigenvalue weighted by atomic mass is 10.0. The van der Waals surface area contributed by atoms with E-state index in [-0.39, 0.29) is 35.7 Å². The van der Waals surface area contributed by atoms with Gasteiger partial charge in [0.1, 0.15) is 5.75 Å². The molecule has 2 amide bonds. The Morgan fingerprint density at radius 1 is 1.30 bits per heavy atom. The predicted molar refractivity (Wildman–Crippen MR) is 109 cm³/mol. The van der Waals surface area contributed by atoms with Crippen molar-refractivity contribution in [2.24, 2.45) is 0 Å². The van der Waals surface area contributed by atoms with Crippen LogP contribution in [0.3, 0.4) is 0 Å². The van der Waals surface area contributed by atoms with Crippen LogP contribution in [-0.4, -0.2) is 62.7 Å². The molecule has 0 radical (unpaired) electrons. The first-order valence-electron chi connectivity index (χ1n) is 9.81. The number of hydrogen-bond acceptors (Lipinski definition) is 6. The van der Waals surface area contributed by atoms with Gasteiger partial charge in [0.05, 0.1) is 24.4 Å². The van der Waals surface area contributed by atoms with Crippen LogP contribution in [0.15, 0.2) is 41.1 Å². The molecular weight excluding hydrogens is 388 g/mol. The second-order valence-corrected chi connectivity index (χ2v) is 7.17. The maximum absolute atomic E-state index is 12.5. The fraction of sp³-hybridized carbons (Fsp3) is 0.409. The Morgan fingerprint density at radius 3 is 2.67 bits per heavy atom. The Kier molecular flexibility index (Phi) is 6.89. The van der Waals surface area contributed by atoms with Gasteiger partial charge in [-0.25, -0.2) is 4.79 Å². The number of carbonyl (C=O) groups excluding carboxylic acids is 3. The number of rotatable bonds is 7. The first kappa shape index (κ1) is 21.6. The second-order valence-electron chi connectivity index (χ2n) is 7.17. The van der Waals surface area contributed by atoms with E-state index in [0.29, 0.717) is 18.0 Å². The van der Waals surface area contributed by atoms with Crippen molar-refractivity contribution in [2.75, 3.05) is 33.9 Å². The zero-order valence-electron chi connectivity index (χ0n) is 17.4. The summed E-state index contributed by atoms with van der Waals surface area (Å²) in [4.78, 5) is 37.9. The molecule has 8 heteroatoms. The summed E-state index contributed by atoms with van der Waals surface area (Å²) in [7, 11) is 2.90. The molecule has 2 heterocycles. The topological polar surface area (TPSA) is 94.2 Å². The van der Waals surface area contributed by atoms with Gasteiger partial charge in [-0.15, -0.1) is 0 Å². The third kappa shape index (κ3) is 4.88. The monoisotopic (exact) mass is 414 g/mol. The zero-order valence-corrected chi connectivity index (χ0v) is 17.4. The number of amides is 2. The van der Waals surface area contributed by atoms with E-state index in [4.69, 9.17) is 14.2 Å². The average molecular weight is 414 g/mol. The van der Waals surface area contributed by atoms with Crippen molar-refractivity contribution in [1.82, 2.24) is 10.2 Å². The molecule has 1 aromatic carbocycles. The number of allylic oxidation sites excluding steroid dienone is 1. The minimum absolute atomic E-state index is 0.0891. The van der Waals surface area contributed by atoms with Crippen molar-refractivity contribution >= 4 is 23.9 Å². The smallest absolute Gasteiger partial charge is 0.340 e. The van der Waals surface area contributed by atoms with Crippen LogP contribution in [0, 0.1) is 0 Å². The number of benzene rings is 1. The number of hydrogen-bond donors (Lipinski definition) is 1. The molecule has 1 saturated heterocycles. The first-order chi connectivity index (χ1) is 14.4. The van der Waals surface area contributed by atoms with Gasteiger partial charge >= 0.3 is 5.97 Å². The van der Waals surface area contributed by atoms with Crippen LogP contribution in [0.2, 0.25) is 0 Å². The van der Waals surface area contributed by atoms with Gasteiger partial charge in [-0.1, -0.05) is 12.1 Å². The van der Waals surface area contributed by atoms with Crippen LogP contribution in [0.4, 0.5) is 0 Å². The van der Waals surface area contributed by atoms with E-state index in [2.05, 4.69) is 5.32 Å². The molecule has 3 rings (SSSR count). The maximum Gasteiger partial charge on any atom is 0.340 e. The number of nitrogens with zero attached hydrogens (tertiary/aromatic N) is 1. The minimum Gasteiger partial charge on any atom is -0.484 e. The van der Waals surface area contributed by atoms with Crippen molar-refractivity contribution < 1.29 is 28.6 Å². The number of likely N-dealkylation sites (N-methyl/N-ethyl adjacent to an activating group) is 1. The maximum atomic E-state index is 12.5. The number of ether oxygens (including phenoxy) is 3. The molecule has 0 aromatic heterocycles. The summed E-state index contributed by atoms with van der Waals surface area (Å²) in [5.74, 6) is -0.500. The summed E-state index contributed by atoms with van der Waals surface area (Å²) in [5, 5.41) is 2.80. The first-order valence-corrected chi connectivity index (χ1v) is 9.81. The van der Waals surface area contributed by atoms with Gasteiger partial charge in [-0.2, -0.15) is 0 Å². The SMILES string of the molecule is COC(=O)C1=C(C)N(C)C(=O)/C1=C\c1ccc(OCC(=O)NC[C@@H]2CCCO2)cc1. The van der Waals surface area contributed by atoms with Crippen LogP contribution in [-0.2, 0) is 23.9 Å². The lowest BCUT2D eigenvalue weighted by Gasteiger charge is -2.11. The lowest BCUT2D eigenvalue weighted by Crippen LogP contribution is -2.35. The Morgan fingerprint density at radius 2 is 2.03 bits per heavy atom. The highest BCUT2D eigenvalue weighted by molar-refractivity contribution is 6.16. The fourth-order valence-corrected chi connectivity index (χ4v) is 3.36. The summed E-state index contributed by atoms with van der Waals surface area (Å²) in [6, 6.07) is 6.92. The van der Waals surface area contributed by atoms with E-state index in [1.54, 1.807) is 44.3 Å². The molecule has 0 bridgehead atoms. The summed E-state index contributed by atoms with van der Waals surface area (Å²) < 4.78 is 15.8. The van der Waals surface area contributed by atoms with Crippen molar-refractivity contribution in [2.45, 2.75) is 25.9 Å². The largest absolute Gasteiger partial charge is 0.484 e. The molecule has 160 valence electrons. The van der Waals surface area contributed by atoms with Crippen molar-refractivity contribution in [3.63, 3.8) is 0 Å². The van der Waals surface area contributed by atoms with Gasteiger partial charge in [0.2, 0.25) is 0 Å². The van der Waals surface area contributed by atoms with Crippen molar-refractivity contribution in [3.05, 3.63) is 46.7 Å². The molecule has 1 atom stereocenters. The van der Waals surface area contributed by atoms with Crippen LogP contribution < -0.4 is 10.1 Å². The molecular formula is C22H26N2O6. The molecule has 0 aliphatic carbocycles. The van der Waals surface area contributed by atoms with Crippen molar-refractivity contribution in [3.8, 4) is 5.75 Å². The van der Waals surface area contributed by atoms with E-state index in [1.807, 2.05) is 0 Å². The average Bonchev–Trinajstić information content (AvgIpc) is 3.35. The molecule has 0 saturated carbocycles. The quantitative estimate of drug-likeness (QED) is 0.539. The van der Waals surface area contributed by atoms with Gasteiger partial charge in [0, 0.05) is 25.9 Å². The number of nitrogens with one attached hydrogen (secondary N) is 1. The Labute approximate surface area is 175 Å². The minimum atomic E-state index is -0.551. The number of carbonyl (C=O) groups is 3. The van der Waals surface area contributed by atoms with E-state index < -0.39 is 5.97 Å². The molecule has 0 unspecified atom stereocenters. The summed E-state index contributed by atoms with van der Waals surface area (Å²) >= 11 is 0. The van der Waals surface area contributed by atoms with E-state index in [9.17, 15) is 14.4 Å².